The first-order valence-corrected chi connectivity index (χ1v) is 18.8. The first kappa shape index (κ1) is 31.6. The molecule has 10 nitrogen and oxygen atoms in total. The van der Waals surface area contributed by atoms with Crippen molar-refractivity contribution in [3.63, 3.8) is 0 Å². The minimum atomic E-state index is -1.17. The van der Waals surface area contributed by atoms with Crippen molar-refractivity contribution in [1.82, 2.24) is 29.3 Å². The van der Waals surface area contributed by atoms with Crippen molar-refractivity contribution >= 4 is 47.7 Å². The van der Waals surface area contributed by atoms with Gasteiger partial charge in [-0.25, -0.2) is 9.97 Å². The molecular formula is C32H39ClN6O4Si. The Bertz CT molecular complexity index is 1810. The number of ether oxygens (including phenoxy) is 3. The number of benzene rings is 2. The number of esters is 1. The fourth-order valence-electron chi connectivity index (χ4n) is 4.79. The van der Waals surface area contributed by atoms with E-state index in [1.165, 1.54) is 0 Å². The first-order chi connectivity index (χ1) is 20.8. The average Bonchev–Trinajstić information content (AvgIpc) is 3.57. The Morgan fingerprint density at radius 1 is 1.07 bits per heavy atom. The van der Waals surface area contributed by atoms with Crippen LogP contribution in [0.1, 0.15) is 33.0 Å². The SMILES string of the molecule is CCOC(=O)CC(C)(C)n1cc(-c2cnc3ccc(Oc4ccc5nc(C)n(COCC[Si](C)(C)C)c5c4)c(Cl)c3n2)cn1. The van der Waals surface area contributed by atoms with Crippen LogP contribution in [-0.2, 0) is 26.5 Å². The van der Waals surface area contributed by atoms with Gasteiger partial charge in [0, 0.05) is 32.5 Å². The summed E-state index contributed by atoms with van der Waals surface area (Å²) in [7, 11) is -1.17. The number of rotatable bonds is 12. The van der Waals surface area contributed by atoms with Gasteiger partial charge in [-0.3, -0.25) is 14.5 Å². The van der Waals surface area contributed by atoms with E-state index >= 15 is 0 Å². The first-order valence-electron chi connectivity index (χ1n) is 14.7. The van der Waals surface area contributed by atoms with Gasteiger partial charge in [0.05, 0.1) is 53.2 Å². The second kappa shape index (κ2) is 12.7. The third-order valence-corrected chi connectivity index (χ3v) is 9.42. The summed E-state index contributed by atoms with van der Waals surface area (Å²) in [5.41, 5.74) is 3.72. The number of halogens is 1. The molecule has 0 N–H and O–H groups in total. The smallest absolute Gasteiger partial charge is 0.308 e. The molecule has 2 aromatic carbocycles. The van der Waals surface area contributed by atoms with E-state index in [1.54, 1.807) is 30.1 Å². The van der Waals surface area contributed by atoms with Crippen molar-refractivity contribution in [1.29, 1.82) is 0 Å². The monoisotopic (exact) mass is 634 g/mol. The van der Waals surface area contributed by atoms with Crippen LogP contribution in [0.25, 0.3) is 33.3 Å². The standard InChI is InChI=1S/C32H39ClN6O4Si/c1-8-42-29(40)16-32(3,4)39-19-22(17-35-39)26-18-34-25-11-12-28(30(33)31(25)37-26)43-23-9-10-24-27(15-23)38(21(2)36-24)20-41-13-14-44(5,6)7/h9-12,15,17-19H,8,13-14,16,20H2,1-7H3. The highest BCUT2D eigenvalue weighted by Gasteiger charge is 2.26. The van der Waals surface area contributed by atoms with Crippen LogP contribution in [0.2, 0.25) is 30.7 Å². The molecule has 0 aliphatic carbocycles. The molecule has 0 fully saturated rings. The van der Waals surface area contributed by atoms with Crippen molar-refractivity contribution < 1.29 is 19.0 Å². The lowest BCUT2D eigenvalue weighted by Crippen LogP contribution is -2.30. The van der Waals surface area contributed by atoms with Crippen molar-refractivity contribution in [3.05, 3.63) is 59.8 Å². The highest BCUT2D eigenvalue weighted by molar-refractivity contribution is 6.76. The summed E-state index contributed by atoms with van der Waals surface area (Å²) in [5, 5.41) is 4.84. The maximum absolute atomic E-state index is 12.1. The van der Waals surface area contributed by atoms with E-state index in [0.717, 1.165) is 35.1 Å². The molecule has 0 atom stereocenters. The van der Waals surface area contributed by atoms with Crippen molar-refractivity contribution in [2.24, 2.45) is 0 Å². The number of fused-ring (bicyclic) bond motifs is 2. The number of nitrogens with zero attached hydrogens (tertiary/aromatic N) is 6. The maximum atomic E-state index is 12.1. The third kappa shape index (κ3) is 7.11. The highest BCUT2D eigenvalue weighted by atomic mass is 35.5. The Morgan fingerprint density at radius 2 is 1.84 bits per heavy atom. The zero-order chi connectivity index (χ0) is 31.6. The normalized spacial score (nSPS) is 12.3. The number of carbonyl (C=O) groups excluding carboxylic acids is 1. The van der Waals surface area contributed by atoms with Crippen molar-refractivity contribution in [3.8, 4) is 22.8 Å². The van der Waals surface area contributed by atoms with E-state index in [4.69, 9.17) is 30.8 Å². The summed E-state index contributed by atoms with van der Waals surface area (Å²) in [4.78, 5) is 26.2. The largest absolute Gasteiger partial charge is 0.466 e. The van der Waals surface area contributed by atoms with Gasteiger partial charge in [0.2, 0.25) is 0 Å². The molecule has 0 bridgehead atoms. The lowest BCUT2D eigenvalue weighted by atomic mass is 10.0. The Hall–Kier alpha value is -3.80. The zero-order valence-electron chi connectivity index (χ0n) is 26.3. The lowest BCUT2D eigenvalue weighted by Gasteiger charge is -2.24. The molecule has 0 spiro atoms. The van der Waals surface area contributed by atoms with Crippen LogP contribution >= 0.6 is 11.6 Å². The zero-order valence-corrected chi connectivity index (χ0v) is 28.1. The summed E-state index contributed by atoms with van der Waals surface area (Å²) < 4.78 is 21.2. The fourth-order valence-corrected chi connectivity index (χ4v) is 5.78. The summed E-state index contributed by atoms with van der Waals surface area (Å²) in [5.74, 6) is 1.69. The van der Waals surface area contributed by atoms with Crippen LogP contribution in [0.4, 0.5) is 0 Å². The Kier molecular flexibility index (Phi) is 9.10. The van der Waals surface area contributed by atoms with Crippen LogP contribution in [0.5, 0.6) is 11.5 Å². The van der Waals surface area contributed by atoms with Crippen molar-refractivity contribution in [2.75, 3.05) is 13.2 Å². The van der Waals surface area contributed by atoms with Gasteiger partial charge in [0.25, 0.3) is 0 Å². The van der Waals surface area contributed by atoms with Gasteiger partial charge in [-0.2, -0.15) is 5.10 Å². The minimum absolute atomic E-state index is 0.190. The summed E-state index contributed by atoms with van der Waals surface area (Å²) in [6, 6.07) is 10.5. The molecule has 0 aliphatic heterocycles. The molecule has 44 heavy (non-hydrogen) atoms. The molecular weight excluding hydrogens is 596 g/mol. The Labute approximate surface area is 263 Å². The summed E-state index contributed by atoms with van der Waals surface area (Å²) in [6.07, 6.45) is 5.42. The molecule has 0 saturated heterocycles. The van der Waals surface area contributed by atoms with Gasteiger partial charge in [0.1, 0.15) is 34.6 Å². The molecule has 0 radical (unpaired) electrons. The molecule has 0 aliphatic rings. The van der Waals surface area contributed by atoms with E-state index in [-0.39, 0.29) is 12.4 Å². The second-order valence-electron chi connectivity index (χ2n) is 12.7. The van der Waals surface area contributed by atoms with Gasteiger partial charge in [-0.15, -0.1) is 0 Å². The summed E-state index contributed by atoms with van der Waals surface area (Å²) >= 11 is 6.86. The minimum Gasteiger partial charge on any atom is -0.466 e. The van der Waals surface area contributed by atoms with Crippen LogP contribution < -0.4 is 4.74 Å². The number of aromatic nitrogens is 6. The van der Waals surface area contributed by atoms with E-state index in [0.29, 0.717) is 46.6 Å². The topological polar surface area (TPSA) is 106 Å². The molecule has 5 rings (SSSR count). The molecule has 12 heteroatoms. The van der Waals surface area contributed by atoms with Gasteiger partial charge >= 0.3 is 5.97 Å². The Balaban J connectivity index is 1.38. The predicted octanol–water partition coefficient (Wildman–Crippen LogP) is 7.60. The third-order valence-electron chi connectivity index (χ3n) is 7.35. The number of hydrogen-bond acceptors (Lipinski definition) is 8. The molecule has 0 saturated carbocycles. The van der Waals surface area contributed by atoms with Crippen LogP contribution in [-0.4, -0.2) is 56.6 Å². The predicted molar refractivity (Wildman–Crippen MR) is 175 cm³/mol. The van der Waals surface area contributed by atoms with Crippen LogP contribution in [0, 0.1) is 6.92 Å². The van der Waals surface area contributed by atoms with E-state index in [9.17, 15) is 4.79 Å². The number of carbonyl (C=O) groups is 1. The molecule has 0 unspecified atom stereocenters. The van der Waals surface area contributed by atoms with Gasteiger partial charge in [-0.05, 0) is 58.0 Å². The lowest BCUT2D eigenvalue weighted by molar-refractivity contribution is -0.145. The quantitative estimate of drug-likeness (QED) is 0.0785. The fraction of sp³-hybridized carbons (Fsp3) is 0.406. The van der Waals surface area contributed by atoms with Crippen LogP contribution in [0.3, 0.4) is 0 Å². The number of hydrogen-bond donors (Lipinski definition) is 0. The molecule has 0 amide bonds. The highest BCUT2D eigenvalue weighted by Crippen LogP contribution is 2.36. The van der Waals surface area contributed by atoms with E-state index in [2.05, 4.69) is 39.3 Å². The number of aryl methyl sites for hydroxylation is 1. The van der Waals surface area contributed by atoms with Gasteiger partial charge < -0.3 is 18.8 Å². The van der Waals surface area contributed by atoms with Crippen molar-refractivity contribution in [2.45, 2.75) is 72.1 Å². The molecule has 232 valence electrons. The van der Waals surface area contributed by atoms with Crippen LogP contribution in [0.15, 0.2) is 48.9 Å². The molecule has 3 aromatic heterocycles. The van der Waals surface area contributed by atoms with E-state index < -0.39 is 13.6 Å². The molecule has 5 aromatic rings. The maximum Gasteiger partial charge on any atom is 0.308 e. The van der Waals surface area contributed by atoms with E-state index in [1.807, 2.05) is 51.2 Å². The molecule has 3 heterocycles. The average molecular weight is 635 g/mol. The summed E-state index contributed by atoms with van der Waals surface area (Å²) in [6.45, 7) is 16.2. The van der Waals surface area contributed by atoms with Gasteiger partial charge in [-0.1, -0.05) is 31.2 Å². The van der Waals surface area contributed by atoms with Gasteiger partial charge in [0.15, 0.2) is 0 Å². The second-order valence-corrected chi connectivity index (χ2v) is 18.7. The Morgan fingerprint density at radius 3 is 2.59 bits per heavy atom. The number of imidazole rings is 1.